The lowest BCUT2D eigenvalue weighted by Crippen LogP contribution is -2.41. The fourth-order valence-corrected chi connectivity index (χ4v) is 5.28. The molecule has 0 spiro atoms. The highest BCUT2D eigenvalue weighted by atomic mass is 32.1. The lowest BCUT2D eigenvalue weighted by molar-refractivity contribution is 0.100. The summed E-state index contributed by atoms with van der Waals surface area (Å²) in [6, 6.07) is 4.62. The molecule has 24 heavy (non-hydrogen) atoms. The number of nitrogens with one attached hydrogen (secondary N) is 2. The fraction of sp³-hybridized carbons (Fsp3) is 0.412. The largest absolute Gasteiger partial charge is 0.508 e. The lowest BCUT2D eigenvalue weighted by atomic mass is 9.95. The van der Waals surface area contributed by atoms with Gasteiger partial charge in [-0.05, 0) is 49.3 Å². The van der Waals surface area contributed by atoms with Crippen molar-refractivity contribution in [3.05, 3.63) is 23.8 Å². The maximum Gasteiger partial charge on any atom is 0.320 e. The number of benzene rings is 1. The third kappa shape index (κ3) is 2.58. The van der Waals surface area contributed by atoms with E-state index >= 15 is 0 Å². The van der Waals surface area contributed by atoms with Gasteiger partial charge in [0.1, 0.15) is 10.8 Å². The number of phenols is 1. The van der Waals surface area contributed by atoms with Crippen LogP contribution in [-0.2, 0) is 0 Å². The Hall–Kier alpha value is -2.28. The molecule has 3 amide bonds. The summed E-state index contributed by atoms with van der Waals surface area (Å²) >= 11 is 1.24. The van der Waals surface area contributed by atoms with Crippen molar-refractivity contribution >= 4 is 38.4 Å². The summed E-state index contributed by atoms with van der Waals surface area (Å²) in [5, 5.41) is 16.5. The maximum absolute atomic E-state index is 12.3. The molecule has 5 N–H and O–H groups in total. The number of thiophene rings is 1. The number of carbonyl (C=O) groups is 2. The number of fused-ring (bicyclic) bond motifs is 3. The summed E-state index contributed by atoms with van der Waals surface area (Å²) < 4.78 is 0.707. The number of phenolic OH excluding ortho intramolecular Hbond substituents is 1. The van der Waals surface area contributed by atoms with Crippen molar-refractivity contribution in [2.75, 3.05) is 5.32 Å². The highest BCUT2D eigenvalue weighted by Crippen LogP contribution is 2.44. The highest BCUT2D eigenvalue weighted by molar-refractivity contribution is 7.23. The summed E-state index contributed by atoms with van der Waals surface area (Å²) in [6.07, 6.45) is 4.71. The molecule has 6 nitrogen and oxygen atoms in total. The zero-order chi connectivity index (χ0) is 16.8. The van der Waals surface area contributed by atoms with Gasteiger partial charge in [0, 0.05) is 16.1 Å². The van der Waals surface area contributed by atoms with E-state index in [0.717, 1.165) is 12.3 Å². The number of hydrogen-bond donors (Lipinski definition) is 4. The Labute approximate surface area is 143 Å². The Morgan fingerprint density at radius 1 is 1.25 bits per heavy atom. The Balaban J connectivity index is 1.56. The van der Waals surface area contributed by atoms with E-state index in [1.807, 2.05) is 0 Å². The SMILES string of the molecule is NC(=O)c1c(NC(=O)NC2CC3CCC2C3)sc2cc(O)ccc12. The molecule has 2 aromatic rings. The summed E-state index contributed by atoms with van der Waals surface area (Å²) in [4.78, 5) is 24.2. The van der Waals surface area contributed by atoms with E-state index in [1.54, 1.807) is 12.1 Å². The van der Waals surface area contributed by atoms with Gasteiger partial charge in [0.2, 0.25) is 0 Å². The van der Waals surface area contributed by atoms with Crippen LogP contribution < -0.4 is 16.4 Å². The number of amides is 3. The number of anilines is 1. The molecule has 126 valence electrons. The van der Waals surface area contributed by atoms with Gasteiger partial charge in [-0.3, -0.25) is 10.1 Å². The zero-order valence-electron chi connectivity index (χ0n) is 13.0. The molecular formula is C17H19N3O3S. The Kier molecular flexibility index (Phi) is 3.60. The number of nitrogens with two attached hydrogens (primary N) is 1. The molecule has 1 aromatic heterocycles. The van der Waals surface area contributed by atoms with E-state index in [2.05, 4.69) is 10.6 Å². The Morgan fingerprint density at radius 2 is 2.08 bits per heavy atom. The summed E-state index contributed by atoms with van der Waals surface area (Å²) in [6.45, 7) is 0. The number of carbonyl (C=O) groups excluding carboxylic acids is 2. The topological polar surface area (TPSA) is 104 Å². The third-order valence-corrected chi connectivity index (χ3v) is 6.27. The molecule has 2 aliphatic carbocycles. The van der Waals surface area contributed by atoms with Crippen LogP contribution in [0.2, 0.25) is 0 Å². The van der Waals surface area contributed by atoms with Crippen molar-refractivity contribution in [1.29, 1.82) is 0 Å². The minimum Gasteiger partial charge on any atom is -0.508 e. The summed E-state index contributed by atoms with van der Waals surface area (Å²) in [5.74, 6) is 0.837. The van der Waals surface area contributed by atoms with Gasteiger partial charge in [0.25, 0.3) is 5.91 Å². The first kappa shape index (κ1) is 15.3. The van der Waals surface area contributed by atoms with Gasteiger partial charge in [-0.1, -0.05) is 6.42 Å². The summed E-state index contributed by atoms with van der Waals surface area (Å²) in [7, 11) is 0. The molecular weight excluding hydrogens is 326 g/mol. The number of urea groups is 1. The number of rotatable bonds is 3. The second-order valence-electron chi connectivity index (χ2n) is 6.73. The van der Waals surface area contributed by atoms with Crippen molar-refractivity contribution in [2.24, 2.45) is 17.6 Å². The molecule has 1 aromatic carbocycles. The fourth-order valence-electron chi connectivity index (χ4n) is 4.15. The molecule has 0 saturated heterocycles. The normalized spacial score (nSPS) is 25.1. The predicted octanol–water partition coefficient (Wildman–Crippen LogP) is 3.02. The number of hydrogen-bond acceptors (Lipinski definition) is 4. The summed E-state index contributed by atoms with van der Waals surface area (Å²) in [5.41, 5.74) is 5.78. The molecule has 0 aliphatic heterocycles. The average molecular weight is 345 g/mol. The maximum atomic E-state index is 12.3. The van der Waals surface area contributed by atoms with E-state index in [1.165, 1.54) is 36.7 Å². The van der Waals surface area contributed by atoms with Crippen LogP contribution in [0.25, 0.3) is 10.1 Å². The van der Waals surface area contributed by atoms with Crippen LogP contribution in [0.1, 0.15) is 36.0 Å². The van der Waals surface area contributed by atoms with Crippen molar-refractivity contribution in [3.63, 3.8) is 0 Å². The van der Waals surface area contributed by atoms with Crippen LogP contribution in [0.15, 0.2) is 18.2 Å². The predicted molar refractivity (Wildman–Crippen MR) is 93.4 cm³/mol. The van der Waals surface area contributed by atoms with Crippen LogP contribution in [0, 0.1) is 11.8 Å². The minimum absolute atomic E-state index is 0.109. The van der Waals surface area contributed by atoms with Gasteiger partial charge in [0.05, 0.1) is 5.56 Å². The molecule has 2 saturated carbocycles. The molecule has 7 heteroatoms. The van der Waals surface area contributed by atoms with Crippen molar-refractivity contribution in [2.45, 2.75) is 31.7 Å². The van der Waals surface area contributed by atoms with Gasteiger partial charge in [-0.2, -0.15) is 0 Å². The molecule has 0 radical (unpaired) electrons. The van der Waals surface area contributed by atoms with Crippen LogP contribution in [-0.4, -0.2) is 23.1 Å². The monoisotopic (exact) mass is 345 g/mol. The van der Waals surface area contributed by atoms with Gasteiger partial charge in [0.15, 0.2) is 0 Å². The zero-order valence-corrected chi connectivity index (χ0v) is 13.9. The Bertz CT molecular complexity index is 832. The van der Waals surface area contributed by atoms with Crippen molar-refractivity contribution < 1.29 is 14.7 Å². The van der Waals surface area contributed by atoms with Gasteiger partial charge in [-0.15, -0.1) is 11.3 Å². The van der Waals surface area contributed by atoms with Crippen molar-refractivity contribution in [1.82, 2.24) is 5.32 Å². The smallest absolute Gasteiger partial charge is 0.320 e. The van der Waals surface area contributed by atoms with Crippen LogP contribution >= 0.6 is 11.3 Å². The third-order valence-electron chi connectivity index (χ3n) is 5.20. The first-order chi connectivity index (χ1) is 11.5. The molecule has 2 aliphatic rings. The molecule has 4 rings (SSSR count). The highest BCUT2D eigenvalue weighted by Gasteiger charge is 2.40. The average Bonchev–Trinajstić information content (AvgIpc) is 3.19. The second kappa shape index (κ2) is 5.66. The van der Waals surface area contributed by atoms with E-state index in [4.69, 9.17) is 5.73 Å². The molecule has 3 atom stereocenters. The molecule has 2 fully saturated rings. The van der Waals surface area contributed by atoms with Crippen molar-refractivity contribution in [3.8, 4) is 5.75 Å². The molecule has 1 heterocycles. The quantitative estimate of drug-likeness (QED) is 0.687. The minimum atomic E-state index is -0.595. The number of primary amides is 1. The lowest BCUT2D eigenvalue weighted by Gasteiger charge is -2.22. The van der Waals surface area contributed by atoms with E-state index in [9.17, 15) is 14.7 Å². The van der Waals surface area contributed by atoms with E-state index in [0.29, 0.717) is 21.0 Å². The van der Waals surface area contributed by atoms with E-state index < -0.39 is 5.91 Å². The van der Waals surface area contributed by atoms with Gasteiger partial charge >= 0.3 is 6.03 Å². The van der Waals surface area contributed by atoms with Crippen LogP contribution in [0.5, 0.6) is 5.75 Å². The van der Waals surface area contributed by atoms with E-state index in [-0.39, 0.29) is 23.4 Å². The Morgan fingerprint density at radius 3 is 2.75 bits per heavy atom. The van der Waals surface area contributed by atoms with Crippen LogP contribution in [0.4, 0.5) is 9.80 Å². The standard InChI is InChI=1S/C17H19N3O3S/c18-15(22)14-11-4-3-10(21)7-13(11)24-16(14)20-17(23)19-12-6-8-1-2-9(12)5-8/h3-4,7-9,12,21H,1-2,5-6H2,(H2,18,22)(H2,19,20,23). The van der Waals surface area contributed by atoms with Gasteiger partial charge < -0.3 is 16.2 Å². The number of aromatic hydroxyl groups is 1. The molecule has 2 bridgehead atoms. The van der Waals surface area contributed by atoms with Gasteiger partial charge in [-0.25, -0.2) is 4.79 Å². The second-order valence-corrected chi connectivity index (χ2v) is 7.78. The first-order valence-corrected chi connectivity index (χ1v) is 8.95. The first-order valence-electron chi connectivity index (χ1n) is 8.14. The molecule has 3 unspecified atom stereocenters. The van der Waals surface area contributed by atoms with Crippen LogP contribution in [0.3, 0.4) is 0 Å².